The molecule has 0 amide bonds. The number of hydrogen-bond donors (Lipinski definition) is 1. The van der Waals surface area contributed by atoms with Crippen LogP contribution >= 0.6 is 23.4 Å². The minimum Gasteiger partial charge on any atom is -0.328 e. The van der Waals surface area contributed by atoms with Crippen molar-refractivity contribution in [2.24, 2.45) is 5.73 Å². The fraction of sp³-hybridized carbons (Fsp3) is 0.294. The Morgan fingerprint density at radius 3 is 2.55 bits per heavy atom. The van der Waals surface area contributed by atoms with Crippen molar-refractivity contribution in [3.05, 3.63) is 64.2 Å². The highest BCUT2D eigenvalue weighted by molar-refractivity contribution is 7.98. The third-order valence-electron chi connectivity index (χ3n) is 3.21. The SMILES string of the molecule is Cc1cc(SCc2ccccc2Cl)ccc1CC(C)N. The van der Waals surface area contributed by atoms with Gasteiger partial charge in [-0.25, -0.2) is 0 Å². The number of halogens is 1. The number of rotatable bonds is 5. The zero-order valence-corrected chi connectivity index (χ0v) is 13.5. The van der Waals surface area contributed by atoms with Gasteiger partial charge in [0.25, 0.3) is 0 Å². The highest BCUT2D eigenvalue weighted by atomic mass is 35.5. The Labute approximate surface area is 130 Å². The molecule has 0 fully saturated rings. The van der Waals surface area contributed by atoms with E-state index < -0.39 is 0 Å². The molecule has 2 rings (SSSR count). The van der Waals surface area contributed by atoms with Gasteiger partial charge in [-0.2, -0.15) is 0 Å². The van der Waals surface area contributed by atoms with Gasteiger partial charge in [-0.3, -0.25) is 0 Å². The molecule has 20 heavy (non-hydrogen) atoms. The average molecular weight is 306 g/mol. The molecule has 0 spiro atoms. The van der Waals surface area contributed by atoms with E-state index in [0.29, 0.717) is 0 Å². The molecule has 0 saturated heterocycles. The van der Waals surface area contributed by atoms with Crippen molar-refractivity contribution in [2.45, 2.75) is 37.0 Å². The van der Waals surface area contributed by atoms with Crippen LogP contribution in [0.5, 0.6) is 0 Å². The number of aryl methyl sites for hydroxylation is 1. The van der Waals surface area contributed by atoms with Crippen molar-refractivity contribution in [3.8, 4) is 0 Å². The maximum Gasteiger partial charge on any atom is 0.0446 e. The van der Waals surface area contributed by atoms with Crippen LogP contribution in [0.3, 0.4) is 0 Å². The first-order valence-corrected chi connectivity index (χ1v) is 8.14. The predicted octanol–water partition coefficient (Wildman–Crippen LogP) is 4.83. The van der Waals surface area contributed by atoms with Crippen molar-refractivity contribution in [1.82, 2.24) is 0 Å². The largest absolute Gasteiger partial charge is 0.328 e. The molecule has 0 aliphatic rings. The molecule has 0 aliphatic carbocycles. The van der Waals surface area contributed by atoms with Gasteiger partial charge in [0.1, 0.15) is 0 Å². The number of nitrogens with two attached hydrogens (primary N) is 1. The average Bonchev–Trinajstić information content (AvgIpc) is 2.40. The summed E-state index contributed by atoms with van der Waals surface area (Å²) in [5, 5.41) is 0.838. The topological polar surface area (TPSA) is 26.0 Å². The Morgan fingerprint density at radius 2 is 1.90 bits per heavy atom. The van der Waals surface area contributed by atoms with Crippen LogP contribution in [-0.4, -0.2) is 6.04 Å². The second kappa shape index (κ2) is 7.16. The molecule has 1 atom stereocenters. The minimum absolute atomic E-state index is 0.204. The van der Waals surface area contributed by atoms with Crippen molar-refractivity contribution < 1.29 is 0 Å². The molecule has 0 saturated carbocycles. The first-order valence-electron chi connectivity index (χ1n) is 6.77. The third kappa shape index (κ3) is 4.27. The lowest BCUT2D eigenvalue weighted by Gasteiger charge is -2.11. The van der Waals surface area contributed by atoms with Gasteiger partial charge >= 0.3 is 0 Å². The van der Waals surface area contributed by atoms with Gasteiger partial charge in [0.15, 0.2) is 0 Å². The fourth-order valence-electron chi connectivity index (χ4n) is 2.11. The Kier molecular flexibility index (Phi) is 5.53. The summed E-state index contributed by atoms with van der Waals surface area (Å²) in [6, 6.07) is 14.8. The number of hydrogen-bond acceptors (Lipinski definition) is 2. The highest BCUT2D eigenvalue weighted by Gasteiger charge is 2.05. The molecular weight excluding hydrogens is 286 g/mol. The molecule has 1 nitrogen and oxygen atoms in total. The van der Waals surface area contributed by atoms with Crippen LogP contribution < -0.4 is 5.73 Å². The van der Waals surface area contributed by atoms with E-state index in [1.54, 1.807) is 0 Å². The van der Waals surface area contributed by atoms with E-state index in [9.17, 15) is 0 Å². The van der Waals surface area contributed by atoms with E-state index in [4.69, 9.17) is 17.3 Å². The molecule has 2 aromatic rings. The summed E-state index contributed by atoms with van der Waals surface area (Å²) in [7, 11) is 0. The zero-order valence-electron chi connectivity index (χ0n) is 11.9. The quantitative estimate of drug-likeness (QED) is 0.801. The van der Waals surface area contributed by atoms with Crippen molar-refractivity contribution in [3.63, 3.8) is 0 Å². The van der Waals surface area contributed by atoms with Crippen LogP contribution in [0, 0.1) is 6.92 Å². The molecule has 2 aromatic carbocycles. The van der Waals surface area contributed by atoms with Gasteiger partial charge in [0.2, 0.25) is 0 Å². The summed E-state index contributed by atoms with van der Waals surface area (Å²) in [6.45, 7) is 4.19. The highest BCUT2D eigenvalue weighted by Crippen LogP contribution is 2.28. The van der Waals surface area contributed by atoms with Crippen LogP contribution in [0.1, 0.15) is 23.6 Å². The fourth-order valence-corrected chi connectivity index (χ4v) is 3.39. The molecule has 2 N–H and O–H groups in total. The van der Waals surface area contributed by atoms with E-state index in [1.807, 2.05) is 36.9 Å². The van der Waals surface area contributed by atoms with E-state index in [1.165, 1.54) is 21.6 Å². The van der Waals surface area contributed by atoms with Gasteiger partial charge in [-0.15, -0.1) is 11.8 Å². The Hall–Kier alpha value is -0.960. The molecule has 1 unspecified atom stereocenters. The van der Waals surface area contributed by atoms with Gasteiger partial charge in [-0.05, 0) is 55.2 Å². The smallest absolute Gasteiger partial charge is 0.0446 e. The monoisotopic (exact) mass is 305 g/mol. The van der Waals surface area contributed by atoms with Gasteiger partial charge < -0.3 is 5.73 Å². The van der Waals surface area contributed by atoms with E-state index in [0.717, 1.165) is 17.2 Å². The van der Waals surface area contributed by atoms with Crippen LogP contribution in [0.15, 0.2) is 47.4 Å². The first kappa shape index (κ1) is 15.4. The zero-order chi connectivity index (χ0) is 14.5. The van der Waals surface area contributed by atoms with E-state index in [2.05, 4.69) is 31.2 Å². The molecule has 3 heteroatoms. The first-order chi connectivity index (χ1) is 9.56. The molecular formula is C17H20ClNS. The maximum atomic E-state index is 6.18. The van der Waals surface area contributed by atoms with Crippen LogP contribution in [0.2, 0.25) is 5.02 Å². The molecule has 0 heterocycles. The summed E-state index contributed by atoms with van der Waals surface area (Å²) in [5.41, 5.74) is 9.69. The summed E-state index contributed by atoms with van der Waals surface area (Å²) < 4.78 is 0. The second-order valence-corrected chi connectivity index (χ2v) is 6.61. The molecule has 106 valence electrons. The molecule has 0 aromatic heterocycles. The van der Waals surface area contributed by atoms with E-state index >= 15 is 0 Å². The molecule has 0 radical (unpaired) electrons. The Balaban J connectivity index is 2.04. The van der Waals surface area contributed by atoms with Crippen molar-refractivity contribution in [1.29, 1.82) is 0 Å². The maximum absolute atomic E-state index is 6.18. The molecule has 0 bridgehead atoms. The minimum atomic E-state index is 0.204. The van der Waals surface area contributed by atoms with Gasteiger partial charge in [0.05, 0.1) is 0 Å². The normalized spacial score (nSPS) is 12.4. The number of benzene rings is 2. The number of thioether (sulfide) groups is 1. The molecule has 0 aliphatic heterocycles. The van der Waals surface area contributed by atoms with Gasteiger partial charge in [-0.1, -0.05) is 35.9 Å². The Bertz CT molecular complexity index is 581. The standard InChI is InChI=1S/C17H20ClNS/c1-12-9-16(8-7-14(12)10-13(2)19)20-11-15-5-3-4-6-17(15)18/h3-9,13H,10-11,19H2,1-2H3. The van der Waals surface area contributed by atoms with Gasteiger partial charge in [0, 0.05) is 21.7 Å². The van der Waals surface area contributed by atoms with Crippen molar-refractivity contribution in [2.75, 3.05) is 0 Å². The lowest BCUT2D eigenvalue weighted by atomic mass is 10.0. The Morgan fingerprint density at radius 1 is 1.15 bits per heavy atom. The predicted molar refractivity (Wildman–Crippen MR) is 89.5 cm³/mol. The lowest BCUT2D eigenvalue weighted by molar-refractivity contribution is 0.734. The summed E-state index contributed by atoms with van der Waals surface area (Å²) in [6.07, 6.45) is 0.932. The third-order valence-corrected chi connectivity index (χ3v) is 4.62. The van der Waals surface area contributed by atoms with Crippen LogP contribution in [0.25, 0.3) is 0 Å². The summed E-state index contributed by atoms with van der Waals surface area (Å²) in [4.78, 5) is 1.27. The second-order valence-electron chi connectivity index (χ2n) is 5.15. The van der Waals surface area contributed by atoms with Crippen LogP contribution in [-0.2, 0) is 12.2 Å². The lowest BCUT2D eigenvalue weighted by Crippen LogP contribution is -2.18. The van der Waals surface area contributed by atoms with Crippen LogP contribution in [0.4, 0.5) is 0 Å². The van der Waals surface area contributed by atoms with Crippen molar-refractivity contribution >= 4 is 23.4 Å². The summed E-state index contributed by atoms with van der Waals surface area (Å²) in [5.74, 6) is 0.895. The summed E-state index contributed by atoms with van der Waals surface area (Å²) >= 11 is 7.99. The van der Waals surface area contributed by atoms with E-state index in [-0.39, 0.29) is 6.04 Å².